The molecule has 0 saturated heterocycles. The van der Waals surface area contributed by atoms with Crippen LogP contribution in [0.15, 0.2) is 33.8 Å². The molecule has 112 valence electrons. The lowest BCUT2D eigenvalue weighted by Gasteiger charge is -2.03. The zero-order valence-electron chi connectivity index (χ0n) is 11.7. The number of aromatic nitrogens is 1. The van der Waals surface area contributed by atoms with Crippen molar-refractivity contribution in [2.45, 2.75) is 6.92 Å². The van der Waals surface area contributed by atoms with Crippen LogP contribution in [0.4, 0.5) is 5.88 Å². The molecule has 1 aromatic carbocycles. The normalized spacial score (nSPS) is 10.4. The molecule has 22 heavy (non-hydrogen) atoms. The zero-order valence-corrected chi connectivity index (χ0v) is 11.7. The minimum atomic E-state index is -0.537. The van der Waals surface area contributed by atoms with Crippen molar-refractivity contribution in [1.82, 2.24) is 4.98 Å². The van der Waals surface area contributed by atoms with E-state index in [1.165, 1.54) is 6.21 Å². The Morgan fingerprint density at radius 1 is 1.55 bits per heavy atom. The summed E-state index contributed by atoms with van der Waals surface area (Å²) in [5.74, 6) is 0.565. The van der Waals surface area contributed by atoms with Crippen molar-refractivity contribution in [3.63, 3.8) is 0 Å². The van der Waals surface area contributed by atoms with E-state index < -0.39 is 5.91 Å². The van der Waals surface area contributed by atoms with E-state index in [9.17, 15) is 4.79 Å². The molecule has 2 aromatic rings. The van der Waals surface area contributed by atoms with E-state index in [4.69, 9.17) is 20.1 Å². The monoisotopic (exact) mass is 299 g/mol. The second-order valence-corrected chi connectivity index (χ2v) is 4.22. The molecule has 0 aliphatic carbocycles. The number of primary amides is 1. The number of carbonyl (C=O) groups is 1. The zero-order chi connectivity index (χ0) is 15.9. The Bertz CT molecular complexity index is 728. The molecule has 0 atom stereocenters. The van der Waals surface area contributed by atoms with Gasteiger partial charge in [0.1, 0.15) is 11.8 Å². The summed E-state index contributed by atoms with van der Waals surface area (Å²) >= 11 is 0. The number of carbonyl (C=O) groups excluding carboxylic acids is 1. The molecule has 0 saturated carbocycles. The number of oxazole rings is 1. The van der Waals surface area contributed by atoms with Crippen LogP contribution in [0.1, 0.15) is 17.1 Å². The predicted molar refractivity (Wildman–Crippen MR) is 78.3 cm³/mol. The van der Waals surface area contributed by atoms with Gasteiger partial charge in [-0.3, -0.25) is 4.79 Å². The number of anilines is 1. The lowest BCUT2D eigenvalue weighted by molar-refractivity contribution is -0.119. The molecule has 0 aliphatic rings. The van der Waals surface area contributed by atoms with Gasteiger partial charge in [-0.25, -0.2) is 10.4 Å². The van der Waals surface area contributed by atoms with E-state index in [2.05, 4.69) is 15.5 Å². The van der Waals surface area contributed by atoms with E-state index in [0.717, 1.165) is 5.56 Å². The van der Waals surface area contributed by atoms with E-state index in [1.54, 1.807) is 31.2 Å². The van der Waals surface area contributed by atoms with E-state index in [0.29, 0.717) is 11.6 Å². The summed E-state index contributed by atoms with van der Waals surface area (Å²) in [4.78, 5) is 14.5. The highest BCUT2D eigenvalue weighted by Gasteiger charge is 2.08. The van der Waals surface area contributed by atoms with Gasteiger partial charge in [0, 0.05) is 6.92 Å². The van der Waals surface area contributed by atoms with Crippen molar-refractivity contribution < 1.29 is 13.9 Å². The fourth-order valence-electron chi connectivity index (χ4n) is 1.55. The van der Waals surface area contributed by atoms with Crippen LogP contribution in [-0.2, 0) is 4.79 Å². The van der Waals surface area contributed by atoms with Crippen LogP contribution in [0, 0.1) is 18.3 Å². The number of nitrogens with one attached hydrogen (secondary N) is 1. The number of hydrogen-bond donors (Lipinski definition) is 2. The number of nitrogens with two attached hydrogens (primary N) is 1. The first-order chi connectivity index (χ1) is 10.6. The lowest BCUT2D eigenvalue weighted by Crippen LogP contribution is -2.19. The number of rotatable bonds is 6. The first-order valence-electron chi connectivity index (χ1n) is 6.26. The van der Waals surface area contributed by atoms with Gasteiger partial charge >= 0.3 is 0 Å². The van der Waals surface area contributed by atoms with Crippen LogP contribution in [-0.4, -0.2) is 23.7 Å². The van der Waals surface area contributed by atoms with Crippen molar-refractivity contribution in [3.05, 3.63) is 41.4 Å². The van der Waals surface area contributed by atoms with Gasteiger partial charge in [0.2, 0.25) is 5.69 Å². The lowest BCUT2D eigenvalue weighted by atomic mass is 10.2. The molecule has 3 N–H and O–H groups in total. The Balaban J connectivity index is 1.95. The molecular weight excluding hydrogens is 286 g/mol. The average Bonchev–Trinajstić information content (AvgIpc) is 2.86. The van der Waals surface area contributed by atoms with Crippen LogP contribution < -0.4 is 15.9 Å². The number of ether oxygens (including phenoxy) is 1. The van der Waals surface area contributed by atoms with Gasteiger partial charge in [-0.2, -0.15) is 10.4 Å². The molecule has 0 unspecified atom stereocenters. The van der Waals surface area contributed by atoms with E-state index >= 15 is 0 Å². The predicted octanol–water partition coefficient (Wildman–Crippen LogP) is 1.16. The van der Waals surface area contributed by atoms with Crippen LogP contribution >= 0.6 is 0 Å². The number of hydrazone groups is 1. The molecule has 1 aromatic heterocycles. The molecular formula is C14H13N5O3. The second-order valence-electron chi connectivity index (χ2n) is 4.22. The summed E-state index contributed by atoms with van der Waals surface area (Å²) in [6.45, 7) is 1.47. The SMILES string of the molecule is Cc1nc(C#N)c(NN=Cc2ccc(OCC(N)=O)cc2)o1. The summed E-state index contributed by atoms with van der Waals surface area (Å²) in [5.41, 5.74) is 8.53. The Morgan fingerprint density at radius 2 is 2.27 bits per heavy atom. The van der Waals surface area contributed by atoms with Crippen molar-refractivity contribution in [1.29, 1.82) is 5.26 Å². The third kappa shape index (κ3) is 4.08. The van der Waals surface area contributed by atoms with Crippen molar-refractivity contribution >= 4 is 18.0 Å². The topological polar surface area (TPSA) is 127 Å². The number of nitriles is 1. The van der Waals surface area contributed by atoms with Gasteiger partial charge in [0.25, 0.3) is 11.8 Å². The minimum absolute atomic E-state index is 0.143. The van der Waals surface area contributed by atoms with Crippen LogP contribution in [0.25, 0.3) is 0 Å². The van der Waals surface area contributed by atoms with Crippen LogP contribution in [0.5, 0.6) is 5.75 Å². The summed E-state index contributed by atoms with van der Waals surface area (Å²) in [5, 5.41) is 12.8. The van der Waals surface area contributed by atoms with Crippen LogP contribution in [0.3, 0.4) is 0 Å². The minimum Gasteiger partial charge on any atom is -0.484 e. The highest BCUT2D eigenvalue weighted by molar-refractivity contribution is 5.80. The van der Waals surface area contributed by atoms with Crippen molar-refractivity contribution in [2.24, 2.45) is 10.8 Å². The number of nitrogens with zero attached hydrogens (tertiary/aromatic N) is 3. The highest BCUT2D eigenvalue weighted by atomic mass is 16.5. The van der Waals surface area contributed by atoms with Crippen molar-refractivity contribution in [3.8, 4) is 11.8 Å². The number of aryl methyl sites for hydroxylation is 1. The van der Waals surface area contributed by atoms with Gasteiger partial charge in [0.15, 0.2) is 12.5 Å². The Kier molecular flexibility index (Phi) is 4.72. The first-order valence-corrected chi connectivity index (χ1v) is 6.26. The molecule has 1 amide bonds. The smallest absolute Gasteiger partial charge is 0.255 e. The summed E-state index contributed by atoms with van der Waals surface area (Å²) < 4.78 is 10.3. The van der Waals surface area contributed by atoms with Gasteiger partial charge in [-0.05, 0) is 29.8 Å². The molecule has 8 nitrogen and oxygen atoms in total. The van der Waals surface area contributed by atoms with Crippen molar-refractivity contribution in [2.75, 3.05) is 12.0 Å². The maximum absolute atomic E-state index is 10.6. The third-order valence-electron chi connectivity index (χ3n) is 2.48. The number of amides is 1. The maximum Gasteiger partial charge on any atom is 0.255 e. The molecule has 0 radical (unpaired) electrons. The summed E-state index contributed by atoms with van der Waals surface area (Å²) in [6.07, 6.45) is 1.54. The second kappa shape index (κ2) is 6.90. The van der Waals surface area contributed by atoms with E-state index in [-0.39, 0.29) is 18.2 Å². The fraction of sp³-hybridized carbons (Fsp3) is 0.143. The molecule has 0 bridgehead atoms. The highest BCUT2D eigenvalue weighted by Crippen LogP contribution is 2.15. The standard InChI is InChI=1S/C14H13N5O3/c1-9-18-12(6-15)14(22-9)19-17-7-10-2-4-11(5-3-10)21-8-13(16)20/h2-5,7,19H,8H2,1H3,(H2,16,20). The molecule has 2 rings (SSSR count). The largest absolute Gasteiger partial charge is 0.484 e. The van der Waals surface area contributed by atoms with E-state index in [1.807, 2.05) is 6.07 Å². The van der Waals surface area contributed by atoms with Gasteiger partial charge in [0.05, 0.1) is 6.21 Å². The average molecular weight is 299 g/mol. The Hall–Kier alpha value is -3.34. The summed E-state index contributed by atoms with van der Waals surface area (Å²) in [6, 6.07) is 8.77. The van der Waals surface area contributed by atoms with Gasteiger partial charge in [-0.15, -0.1) is 0 Å². The quantitative estimate of drug-likeness (QED) is 0.608. The Labute approximate surface area is 126 Å². The summed E-state index contributed by atoms with van der Waals surface area (Å²) in [7, 11) is 0. The molecule has 1 heterocycles. The van der Waals surface area contributed by atoms with Crippen LogP contribution in [0.2, 0.25) is 0 Å². The number of hydrogen-bond acceptors (Lipinski definition) is 7. The molecule has 0 fully saturated rings. The molecule has 0 aliphatic heterocycles. The molecule has 0 spiro atoms. The Morgan fingerprint density at radius 3 is 2.91 bits per heavy atom. The molecule has 8 heteroatoms. The van der Waals surface area contributed by atoms with Gasteiger partial charge in [-0.1, -0.05) is 0 Å². The van der Waals surface area contributed by atoms with Gasteiger partial charge < -0.3 is 14.9 Å². The fourth-order valence-corrected chi connectivity index (χ4v) is 1.55. The first kappa shape index (κ1) is 15.1. The number of benzene rings is 1. The maximum atomic E-state index is 10.6. The third-order valence-corrected chi connectivity index (χ3v) is 2.48.